The average Bonchev–Trinajstić information content (AvgIpc) is 2.47. The molecule has 2 rings (SSSR count). The predicted octanol–water partition coefficient (Wildman–Crippen LogP) is 0.590. The summed E-state index contributed by atoms with van der Waals surface area (Å²) >= 11 is 0. The van der Waals surface area contributed by atoms with Crippen LogP contribution in [0.25, 0.3) is 0 Å². The number of amides is 1. The van der Waals surface area contributed by atoms with Crippen molar-refractivity contribution < 1.29 is 9.53 Å². The number of hydrogen-bond acceptors (Lipinski definition) is 5. The van der Waals surface area contributed by atoms with Crippen molar-refractivity contribution in [3.63, 3.8) is 0 Å². The summed E-state index contributed by atoms with van der Waals surface area (Å²) in [4.78, 5) is 17.9. The quantitative estimate of drug-likeness (QED) is 0.796. The first-order valence-electron chi connectivity index (χ1n) is 7.01. The SMILES string of the molecule is CCCNc1ncccc1CN1CCOCC1C(N)=O. The molecule has 1 aromatic rings. The lowest BCUT2D eigenvalue weighted by atomic mass is 10.1. The zero-order valence-corrected chi connectivity index (χ0v) is 11.8. The van der Waals surface area contributed by atoms with Gasteiger partial charge in [0, 0.05) is 31.4 Å². The minimum Gasteiger partial charge on any atom is -0.378 e. The fourth-order valence-corrected chi connectivity index (χ4v) is 2.28. The molecule has 0 bridgehead atoms. The fraction of sp³-hybridized carbons (Fsp3) is 0.571. The normalized spacial score (nSPS) is 19.8. The number of morpholine rings is 1. The molecule has 6 nitrogen and oxygen atoms in total. The molecule has 1 unspecified atom stereocenters. The molecular formula is C14H22N4O2. The van der Waals surface area contributed by atoms with E-state index in [0.29, 0.717) is 26.3 Å². The number of hydrogen-bond donors (Lipinski definition) is 2. The van der Waals surface area contributed by atoms with Crippen LogP contribution in [0.5, 0.6) is 0 Å². The molecule has 1 fully saturated rings. The number of anilines is 1. The van der Waals surface area contributed by atoms with Gasteiger partial charge in [-0.3, -0.25) is 9.69 Å². The van der Waals surface area contributed by atoms with E-state index in [-0.39, 0.29) is 11.9 Å². The summed E-state index contributed by atoms with van der Waals surface area (Å²) < 4.78 is 5.33. The number of nitrogens with two attached hydrogens (primary N) is 1. The van der Waals surface area contributed by atoms with Crippen molar-refractivity contribution in [2.75, 3.05) is 31.6 Å². The van der Waals surface area contributed by atoms with Gasteiger partial charge in [-0.2, -0.15) is 0 Å². The molecule has 1 aliphatic rings. The lowest BCUT2D eigenvalue weighted by Crippen LogP contribution is -2.51. The molecule has 20 heavy (non-hydrogen) atoms. The molecule has 0 aromatic carbocycles. The summed E-state index contributed by atoms with van der Waals surface area (Å²) in [7, 11) is 0. The first-order valence-corrected chi connectivity index (χ1v) is 7.01. The molecule has 1 aliphatic heterocycles. The van der Waals surface area contributed by atoms with Crippen molar-refractivity contribution in [1.82, 2.24) is 9.88 Å². The Labute approximate surface area is 119 Å². The van der Waals surface area contributed by atoms with Crippen molar-refractivity contribution in [2.24, 2.45) is 5.73 Å². The number of pyridine rings is 1. The minimum atomic E-state index is -0.358. The van der Waals surface area contributed by atoms with E-state index in [1.54, 1.807) is 6.20 Å². The smallest absolute Gasteiger partial charge is 0.237 e. The third-order valence-electron chi connectivity index (χ3n) is 3.37. The second-order valence-corrected chi connectivity index (χ2v) is 4.90. The average molecular weight is 278 g/mol. The molecule has 6 heteroatoms. The Balaban J connectivity index is 2.09. The van der Waals surface area contributed by atoms with Gasteiger partial charge in [0.2, 0.25) is 5.91 Å². The van der Waals surface area contributed by atoms with Gasteiger partial charge in [0.05, 0.1) is 13.2 Å². The van der Waals surface area contributed by atoms with Crippen LogP contribution in [-0.4, -0.2) is 48.1 Å². The highest BCUT2D eigenvalue weighted by Gasteiger charge is 2.28. The maximum atomic E-state index is 11.5. The highest BCUT2D eigenvalue weighted by molar-refractivity contribution is 5.80. The zero-order valence-electron chi connectivity index (χ0n) is 11.8. The maximum Gasteiger partial charge on any atom is 0.237 e. The van der Waals surface area contributed by atoms with Gasteiger partial charge in [-0.1, -0.05) is 13.0 Å². The van der Waals surface area contributed by atoms with E-state index in [9.17, 15) is 4.79 Å². The van der Waals surface area contributed by atoms with Gasteiger partial charge < -0.3 is 15.8 Å². The van der Waals surface area contributed by atoms with Gasteiger partial charge in [0.25, 0.3) is 0 Å². The lowest BCUT2D eigenvalue weighted by Gasteiger charge is -2.33. The first kappa shape index (κ1) is 14.7. The second kappa shape index (κ2) is 7.21. The molecule has 1 amide bonds. The number of carbonyl (C=O) groups is 1. The monoisotopic (exact) mass is 278 g/mol. The summed E-state index contributed by atoms with van der Waals surface area (Å²) in [6, 6.07) is 3.58. The Bertz CT molecular complexity index is 453. The third kappa shape index (κ3) is 3.68. The fourth-order valence-electron chi connectivity index (χ4n) is 2.28. The van der Waals surface area contributed by atoms with Crippen LogP contribution in [0.15, 0.2) is 18.3 Å². The summed E-state index contributed by atoms with van der Waals surface area (Å²) in [5.41, 5.74) is 6.52. The number of ether oxygens (including phenoxy) is 1. The molecule has 0 spiro atoms. The van der Waals surface area contributed by atoms with Crippen LogP contribution in [0, 0.1) is 0 Å². The van der Waals surface area contributed by atoms with Crippen molar-refractivity contribution in [2.45, 2.75) is 25.9 Å². The van der Waals surface area contributed by atoms with Gasteiger partial charge >= 0.3 is 0 Å². The zero-order chi connectivity index (χ0) is 14.4. The summed E-state index contributed by atoms with van der Waals surface area (Å²) in [5.74, 6) is 0.542. The Morgan fingerprint density at radius 2 is 2.50 bits per heavy atom. The van der Waals surface area contributed by atoms with Crippen molar-refractivity contribution in [3.05, 3.63) is 23.9 Å². The van der Waals surface area contributed by atoms with Crippen molar-refractivity contribution in [1.29, 1.82) is 0 Å². The van der Waals surface area contributed by atoms with Crippen LogP contribution >= 0.6 is 0 Å². The Morgan fingerprint density at radius 3 is 3.25 bits per heavy atom. The van der Waals surface area contributed by atoms with E-state index >= 15 is 0 Å². The molecule has 1 atom stereocenters. The number of nitrogens with one attached hydrogen (secondary N) is 1. The third-order valence-corrected chi connectivity index (χ3v) is 3.37. The van der Waals surface area contributed by atoms with Crippen LogP contribution < -0.4 is 11.1 Å². The van der Waals surface area contributed by atoms with Crippen LogP contribution in [0.1, 0.15) is 18.9 Å². The van der Waals surface area contributed by atoms with E-state index in [2.05, 4.69) is 22.1 Å². The summed E-state index contributed by atoms with van der Waals surface area (Å²) in [6.45, 7) is 5.34. The molecule has 3 N–H and O–H groups in total. The van der Waals surface area contributed by atoms with Crippen LogP contribution in [0.4, 0.5) is 5.82 Å². The van der Waals surface area contributed by atoms with Gasteiger partial charge in [-0.05, 0) is 12.5 Å². The molecule has 0 saturated carbocycles. The van der Waals surface area contributed by atoms with Gasteiger partial charge in [0.15, 0.2) is 0 Å². The van der Waals surface area contributed by atoms with Gasteiger partial charge in [-0.15, -0.1) is 0 Å². The molecule has 0 aliphatic carbocycles. The highest BCUT2D eigenvalue weighted by Crippen LogP contribution is 2.17. The van der Waals surface area contributed by atoms with Crippen LogP contribution in [0.2, 0.25) is 0 Å². The second-order valence-electron chi connectivity index (χ2n) is 4.90. The first-order chi connectivity index (χ1) is 9.72. The number of carbonyl (C=O) groups excluding carboxylic acids is 1. The number of rotatable bonds is 6. The van der Waals surface area contributed by atoms with Gasteiger partial charge in [-0.25, -0.2) is 4.98 Å². The molecule has 1 saturated heterocycles. The molecule has 1 aromatic heterocycles. The minimum absolute atomic E-state index is 0.336. The van der Waals surface area contributed by atoms with E-state index in [0.717, 1.165) is 24.3 Å². The largest absolute Gasteiger partial charge is 0.378 e. The predicted molar refractivity (Wildman–Crippen MR) is 77.2 cm³/mol. The molecule has 0 radical (unpaired) electrons. The number of aromatic nitrogens is 1. The Hall–Kier alpha value is -1.66. The van der Waals surface area contributed by atoms with E-state index in [4.69, 9.17) is 10.5 Å². The van der Waals surface area contributed by atoms with Crippen molar-refractivity contribution in [3.8, 4) is 0 Å². The lowest BCUT2D eigenvalue weighted by molar-refractivity contribution is -0.129. The molecular weight excluding hydrogens is 256 g/mol. The number of nitrogens with zero attached hydrogens (tertiary/aromatic N) is 2. The Morgan fingerprint density at radius 1 is 1.65 bits per heavy atom. The highest BCUT2D eigenvalue weighted by atomic mass is 16.5. The summed E-state index contributed by atoms with van der Waals surface area (Å²) in [5, 5.41) is 3.31. The molecule has 2 heterocycles. The Kier molecular flexibility index (Phi) is 5.31. The van der Waals surface area contributed by atoms with Crippen molar-refractivity contribution >= 4 is 11.7 Å². The van der Waals surface area contributed by atoms with Crippen LogP contribution in [-0.2, 0) is 16.1 Å². The van der Waals surface area contributed by atoms with E-state index in [1.807, 2.05) is 12.1 Å². The van der Waals surface area contributed by atoms with E-state index in [1.165, 1.54) is 0 Å². The molecule has 110 valence electrons. The topological polar surface area (TPSA) is 80.5 Å². The standard InChI is InChI=1S/C14H22N4O2/c1-2-5-16-14-11(4-3-6-17-14)9-18-7-8-20-10-12(18)13(15)19/h3-4,6,12H,2,5,7-10H2,1H3,(H2,15,19)(H,16,17). The number of primary amides is 1. The maximum absolute atomic E-state index is 11.5. The summed E-state index contributed by atoms with van der Waals surface area (Å²) in [6.07, 6.45) is 2.81. The van der Waals surface area contributed by atoms with E-state index < -0.39 is 0 Å². The van der Waals surface area contributed by atoms with Gasteiger partial charge in [0.1, 0.15) is 11.9 Å². The van der Waals surface area contributed by atoms with Crippen LogP contribution in [0.3, 0.4) is 0 Å².